The summed E-state index contributed by atoms with van der Waals surface area (Å²) in [4.78, 5) is 28.3. The number of fused-ring (bicyclic) bond motifs is 1. The van der Waals surface area contributed by atoms with Crippen molar-refractivity contribution in [3.05, 3.63) is 65.9 Å². The van der Waals surface area contributed by atoms with Gasteiger partial charge in [-0.1, -0.05) is 42.1 Å². The summed E-state index contributed by atoms with van der Waals surface area (Å²) in [6.45, 7) is -1.19. The highest BCUT2D eigenvalue weighted by Gasteiger charge is 2.31. The second kappa shape index (κ2) is 8.58. The van der Waals surface area contributed by atoms with Gasteiger partial charge in [0.05, 0.1) is 17.6 Å². The Bertz CT molecular complexity index is 1130. The Labute approximate surface area is 180 Å². The van der Waals surface area contributed by atoms with Crippen LogP contribution in [0.3, 0.4) is 0 Å². The zero-order valence-corrected chi connectivity index (χ0v) is 17.1. The lowest BCUT2D eigenvalue weighted by atomic mass is 9.99. The molecule has 3 aromatic rings. The van der Waals surface area contributed by atoms with Crippen molar-refractivity contribution in [2.24, 2.45) is 0 Å². The fourth-order valence-electron chi connectivity index (χ4n) is 3.42. The number of aromatic nitrogens is 2. The molecule has 1 N–H and O–H groups in total. The standard InChI is InChI=1S/C22H18F3N3O2S/c23-22(24,25)13-28-18(14-4-2-1-3-5-14)11-26-21(28)31-12-19(29)16-6-8-17-15(10-16)7-9-20(30)27-17/h1-6,8,10-11H,7,9,12-13H2,(H,27,30). The van der Waals surface area contributed by atoms with Gasteiger partial charge >= 0.3 is 6.18 Å². The van der Waals surface area contributed by atoms with E-state index in [1.165, 1.54) is 6.20 Å². The Morgan fingerprint density at radius 1 is 1.13 bits per heavy atom. The van der Waals surface area contributed by atoms with Crippen molar-refractivity contribution in [3.8, 4) is 11.3 Å². The number of halogens is 3. The van der Waals surface area contributed by atoms with E-state index >= 15 is 0 Å². The molecule has 0 bridgehead atoms. The first kappa shape index (κ1) is 21.2. The molecule has 0 saturated heterocycles. The van der Waals surface area contributed by atoms with Crippen molar-refractivity contribution >= 4 is 29.1 Å². The van der Waals surface area contributed by atoms with Crippen LogP contribution in [0.15, 0.2) is 59.9 Å². The molecular weight excluding hydrogens is 427 g/mol. The SMILES string of the molecule is O=C1CCc2cc(C(=O)CSc3ncc(-c4ccccc4)n3CC(F)(F)F)ccc2N1. The molecule has 1 aliphatic heterocycles. The number of amides is 1. The van der Waals surface area contributed by atoms with Gasteiger partial charge in [-0.25, -0.2) is 4.98 Å². The van der Waals surface area contributed by atoms with Gasteiger partial charge in [-0.15, -0.1) is 0 Å². The maximum Gasteiger partial charge on any atom is 0.406 e. The van der Waals surface area contributed by atoms with Gasteiger partial charge in [0.1, 0.15) is 6.54 Å². The molecule has 0 radical (unpaired) electrons. The van der Waals surface area contributed by atoms with Gasteiger partial charge in [-0.2, -0.15) is 13.2 Å². The molecule has 0 aliphatic carbocycles. The molecule has 160 valence electrons. The topological polar surface area (TPSA) is 64.0 Å². The number of nitrogens with one attached hydrogen (secondary N) is 1. The number of hydrogen-bond acceptors (Lipinski definition) is 4. The minimum atomic E-state index is -4.42. The minimum Gasteiger partial charge on any atom is -0.326 e. The van der Waals surface area contributed by atoms with Gasteiger partial charge in [-0.05, 0) is 35.7 Å². The van der Waals surface area contributed by atoms with Crippen molar-refractivity contribution < 1.29 is 22.8 Å². The summed E-state index contributed by atoms with van der Waals surface area (Å²) in [5.74, 6) is -0.325. The highest BCUT2D eigenvalue weighted by molar-refractivity contribution is 7.99. The van der Waals surface area contributed by atoms with Crippen molar-refractivity contribution in [2.45, 2.75) is 30.7 Å². The highest BCUT2D eigenvalue weighted by Crippen LogP contribution is 2.31. The Morgan fingerprint density at radius 2 is 1.90 bits per heavy atom. The maximum absolute atomic E-state index is 13.2. The van der Waals surface area contributed by atoms with Gasteiger partial charge in [0.25, 0.3) is 0 Å². The number of alkyl halides is 3. The number of carbonyl (C=O) groups excluding carboxylic acids is 2. The lowest BCUT2D eigenvalue weighted by Crippen LogP contribution is -2.20. The first-order chi connectivity index (χ1) is 14.8. The Kier molecular flexibility index (Phi) is 5.86. The van der Waals surface area contributed by atoms with Gasteiger partial charge < -0.3 is 9.88 Å². The van der Waals surface area contributed by atoms with Crippen LogP contribution in [0.5, 0.6) is 0 Å². The molecule has 0 saturated carbocycles. The van der Waals surface area contributed by atoms with Crippen LogP contribution in [0.1, 0.15) is 22.3 Å². The summed E-state index contributed by atoms with van der Waals surface area (Å²) in [5, 5.41) is 2.89. The molecule has 0 spiro atoms. The summed E-state index contributed by atoms with van der Waals surface area (Å²) >= 11 is 0.977. The summed E-state index contributed by atoms with van der Waals surface area (Å²) in [6, 6.07) is 13.7. The number of anilines is 1. The third-order valence-corrected chi connectivity index (χ3v) is 5.87. The summed E-state index contributed by atoms with van der Waals surface area (Å²) in [7, 11) is 0. The highest BCUT2D eigenvalue weighted by atomic mass is 32.2. The molecule has 1 aliphatic rings. The smallest absolute Gasteiger partial charge is 0.326 e. The van der Waals surface area contributed by atoms with Crippen LogP contribution in [0.4, 0.5) is 18.9 Å². The van der Waals surface area contributed by atoms with E-state index in [9.17, 15) is 22.8 Å². The number of Topliss-reactive ketones (excluding diaryl/α,β-unsaturated/α-hetero) is 1. The molecule has 9 heteroatoms. The lowest BCUT2D eigenvalue weighted by molar-refractivity contribution is -0.141. The summed E-state index contributed by atoms with van der Waals surface area (Å²) in [6.07, 6.45) is -2.12. The second-order valence-corrected chi connectivity index (χ2v) is 8.07. The van der Waals surface area contributed by atoms with E-state index in [0.717, 1.165) is 21.9 Å². The molecule has 2 heterocycles. The number of aryl methyl sites for hydroxylation is 1. The number of hydrogen-bond donors (Lipinski definition) is 1. The van der Waals surface area contributed by atoms with Crippen molar-refractivity contribution in [1.82, 2.24) is 9.55 Å². The Morgan fingerprint density at radius 3 is 2.65 bits per heavy atom. The van der Waals surface area contributed by atoms with Gasteiger partial charge in [-0.3, -0.25) is 9.59 Å². The van der Waals surface area contributed by atoms with Gasteiger partial charge in [0, 0.05) is 17.7 Å². The third kappa shape index (κ3) is 4.99. The second-order valence-electron chi connectivity index (χ2n) is 7.13. The quantitative estimate of drug-likeness (QED) is 0.430. The molecule has 0 unspecified atom stereocenters. The number of imidazole rings is 1. The van der Waals surface area contributed by atoms with Crippen LogP contribution in [-0.4, -0.2) is 33.2 Å². The van der Waals surface area contributed by atoms with Crippen molar-refractivity contribution in [3.63, 3.8) is 0 Å². The normalized spacial score (nSPS) is 13.6. The Balaban J connectivity index is 1.53. The predicted molar refractivity (Wildman–Crippen MR) is 112 cm³/mol. The first-order valence-electron chi connectivity index (χ1n) is 9.56. The monoisotopic (exact) mass is 445 g/mol. The molecule has 0 atom stereocenters. The number of benzene rings is 2. The van der Waals surface area contributed by atoms with E-state index in [1.807, 2.05) is 0 Å². The van der Waals surface area contributed by atoms with Crippen LogP contribution < -0.4 is 5.32 Å². The van der Waals surface area contributed by atoms with E-state index in [0.29, 0.717) is 35.3 Å². The van der Waals surface area contributed by atoms with Crippen LogP contribution in [-0.2, 0) is 17.8 Å². The fourth-order valence-corrected chi connectivity index (χ4v) is 4.29. The molecular formula is C22H18F3N3O2S. The number of thioether (sulfide) groups is 1. The molecule has 5 nitrogen and oxygen atoms in total. The third-order valence-electron chi connectivity index (χ3n) is 4.88. The molecule has 1 aromatic heterocycles. The molecule has 0 fully saturated rings. The maximum atomic E-state index is 13.2. The average Bonchev–Trinajstić information content (AvgIpc) is 3.13. The first-order valence-corrected chi connectivity index (χ1v) is 10.6. The predicted octanol–water partition coefficient (Wildman–Crippen LogP) is 4.97. The number of rotatable bonds is 6. The van der Waals surface area contributed by atoms with Crippen molar-refractivity contribution in [2.75, 3.05) is 11.1 Å². The van der Waals surface area contributed by atoms with Gasteiger partial charge in [0.15, 0.2) is 10.9 Å². The van der Waals surface area contributed by atoms with Crippen LogP contribution in [0.25, 0.3) is 11.3 Å². The minimum absolute atomic E-state index is 0.0474. The van der Waals surface area contributed by atoms with E-state index in [4.69, 9.17) is 0 Å². The average molecular weight is 445 g/mol. The lowest BCUT2D eigenvalue weighted by Gasteiger charge is -2.17. The largest absolute Gasteiger partial charge is 0.406 e. The zero-order valence-electron chi connectivity index (χ0n) is 16.3. The van der Waals surface area contributed by atoms with Crippen LogP contribution in [0, 0.1) is 0 Å². The zero-order chi connectivity index (χ0) is 22.0. The van der Waals surface area contributed by atoms with Crippen LogP contribution >= 0.6 is 11.8 Å². The summed E-state index contributed by atoms with van der Waals surface area (Å²) < 4.78 is 40.7. The fraction of sp³-hybridized carbons (Fsp3) is 0.227. The van der Waals surface area contributed by atoms with E-state index < -0.39 is 12.7 Å². The molecule has 1 amide bonds. The van der Waals surface area contributed by atoms with E-state index in [1.54, 1.807) is 48.5 Å². The number of nitrogens with zero attached hydrogens (tertiary/aromatic N) is 2. The Hall–Kier alpha value is -3.07. The molecule has 31 heavy (non-hydrogen) atoms. The molecule has 4 rings (SSSR count). The molecule has 2 aromatic carbocycles. The van der Waals surface area contributed by atoms with Crippen LogP contribution in [0.2, 0.25) is 0 Å². The van der Waals surface area contributed by atoms with Gasteiger partial charge in [0.2, 0.25) is 5.91 Å². The van der Waals surface area contributed by atoms with E-state index in [-0.39, 0.29) is 22.6 Å². The number of carbonyl (C=O) groups is 2. The van der Waals surface area contributed by atoms with E-state index in [2.05, 4.69) is 10.3 Å². The number of ketones is 1. The van der Waals surface area contributed by atoms with Crippen molar-refractivity contribution in [1.29, 1.82) is 0 Å². The summed E-state index contributed by atoms with van der Waals surface area (Å²) in [5.41, 5.74) is 2.99.